The molecule has 0 bridgehead atoms. The van der Waals surface area contributed by atoms with Crippen LogP contribution < -0.4 is 5.32 Å². The van der Waals surface area contributed by atoms with Gasteiger partial charge < -0.3 is 10.1 Å². The third kappa shape index (κ3) is 6.19. The average Bonchev–Trinajstić information content (AvgIpc) is 2.42. The van der Waals surface area contributed by atoms with E-state index in [9.17, 15) is 0 Å². The molecule has 108 valence electrons. The molecule has 0 atom stereocenters. The van der Waals surface area contributed by atoms with Crippen LogP contribution in [0.4, 0.5) is 0 Å². The molecule has 1 aromatic carbocycles. The molecule has 0 aliphatic heterocycles. The van der Waals surface area contributed by atoms with Gasteiger partial charge in [-0.2, -0.15) is 0 Å². The predicted octanol–water partition coefficient (Wildman–Crippen LogP) is 2.65. The van der Waals surface area contributed by atoms with Crippen molar-refractivity contribution in [2.24, 2.45) is 0 Å². The Hall–Kier alpha value is -0.900. The van der Waals surface area contributed by atoms with E-state index in [0.717, 1.165) is 32.8 Å². The fourth-order valence-electron chi connectivity index (χ4n) is 1.99. The maximum Gasteiger partial charge on any atom is 0.0589 e. The second-order valence-corrected chi connectivity index (χ2v) is 5.15. The highest BCUT2D eigenvalue weighted by atomic mass is 16.5. The lowest BCUT2D eigenvalue weighted by atomic mass is 10.1. The number of rotatable bonds is 9. The van der Waals surface area contributed by atoms with Crippen LogP contribution in [0.1, 0.15) is 31.9 Å². The molecule has 0 aliphatic rings. The summed E-state index contributed by atoms with van der Waals surface area (Å²) in [6.07, 6.45) is 0. The van der Waals surface area contributed by atoms with Gasteiger partial charge >= 0.3 is 0 Å². The van der Waals surface area contributed by atoms with E-state index in [-0.39, 0.29) is 0 Å². The molecular weight excluding hydrogens is 236 g/mol. The van der Waals surface area contributed by atoms with Crippen LogP contribution in [0, 0.1) is 0 Å². The SMILES string of the molecule is CCNCc1ccc(CN(CCOC)C(C)C)cc1. The monoisotopic (exact) mass is 264 g/mol. The lowest BCUT2D eigenvalue weighted by molar-refractivity contribution is 0.125. The number of nitrogens with one attached hydrogen (secondary N) is 1. The van der Waals surface area contributed by atoms with Crippen molar-refractivity contribution < 1.29 is 4.74 Å². The zero-order valence-corrected chi connectivity index (χ0v) is 12.8. The van der Waals surface area contributed by atoms with Gasteiger partial charge in [-0.05, 0) is 31.5 Å². The molecule has 0 unspecified atom stereocenters. The van der Waals surface area contributed by atoms with Crippen molar-refractivity contribution in [2.45, 2.75) is 39.9 Å². The molecule has 0 aliphatic carbocycles. The lowest BCUT2D eigenvalue weighted by Crippen LogP contribution is -2.33. The van der Waals surface area contributed by atoms with Gasteiger partial charge in [0.2, 0.25) is 0 Å². The highest BCUT2D eigenvalue weighted by Gasteiger charge is 2.09. The first-order valence-corrected chi connectivity index (χ1v) is 7.18. The maximum atomic E-state index is 5.17. The molecule has 0 saturated carbocycles. The maximum absolute atomic E-state index is 5.17. The third-order valence-corrected chi connectivity index (χ3v) is 3.30. The van der Waals surface area contributed by atoms with Crippen molar-refractivity contribution in [1.29, 1.82) is 0 Å². The van der Waals surface area contributed by atoms with Gasteiger partial charge in [-0.25, -0.2) is 0 Å². The minimum absolute atomic E-state index is 0.539. The Kier molecular flexibility index (Phi) is 7.72. The average molecular weight is 264 g/mol. The molecule has 3 heteroatoms. The Morgan fingerprint density at radius 1 is 1.16 bits per heavy atom. The molecular formula is C16H28N2O. The van der Waals surface area contributed by atoms with Crippen LogP contribution in [0.5, 0.6) is 0 Å². The summed E-state index contributed by atoms with van der Waals surface area (Å²) in [6.45, 7) is 11.3. The molecule has 0 saturated heterocycles. The number of ether oxygens (including phenoxy) is 1. The largest absolute Gasteiger partial charge is 0.383 e. The quantitative estimate of drug-likeness (QED) is 0.742. The number of nitrogens with zero attached hydrogens (tertiary/aromatic N) is 1. The van der Waals surface area contributed by atoms with E-state index in [1.54, 1.807) is 7.11 Å². The van der Waals surface area contributed by atoms with Crippen molar-refractivity contribution in [2.75, 3.05) is 26.8 Å². The lowest BCUT2D eigenvalue weighted by Gasteiger charge is -2.26. The van der Waals surface area contributed by atoms with E-state index < -0.39 is 0 Å². The Morgan fingerprint density at radius 3 is 2.32 bits per heavy atom. The molecule has 0 heterocycles. The van der Waals surface area contributed by atoms with Crippen LogP contribution in [0.3, 0.4) is 0 Å². The van der Waals surface area contributed by atoms with E-state index in [1.165, 1.54) is 11.1 Å². The molecule has 1 rings (SSSR count). The van der Waals surface area contributed by atoms with E-state index in [1.807, 2.05) is 0 Å². The molecule has 1 aromatic rings. The van der Waals surface area contributed by atoms with E-state index in [4.69, 9.17) is 4.74 Å². The van der Waals surface area contributed by atoms with Gasteiger partial charge in [-0.1, -0.05) is 31.2 Å². The van der Waals surface area contributed by atoms with E-state index in [0.29, 0.717) is 6.04 Å². The van der Waals surface area contributed by atoms with E-state index >= 15 is 0 Å². The minimum atomic E-state index is 0.539. The Labute approximate surface area is 118 Å². The van der Waals surface area contributed by atoms with Crippen molar-refractivity contribution in [3.63, 3.8) is 0 Å². The molecule has 0 amide bonds. The van der Waals surface area contributed by atoms with Crippen molar-refractivity contribution >= 4 is 0 Å². The van der Waals surface area contributed by atoms with Gasteiger partial charge in [0.15, 0.2) is 0 Å². The molecule has 1 N–H and O–H groups in total. The summed E-state index contributed by atoms with van der Waals surface area (Å²) in [5, 5.41) is 3.34. The fourth-order valence-corrected chi connectivity index (χ4v) is 1.99. The molecule has 0 aromatic heterocycles. The third-order valence-electron chi connectivity index (χ3n) is 3.30. The summed E-state index contributed by atoms with van der Waals surface area (Å²) in [6, 6.07) is 9.43. The summed E-state index contributed by atoms with van der Waals surface area (Å²) in [7, 11) is 1.76. The summed E-state index contributed by atoms with van der Waals surface area (Å²) >= 11 is 0. The number of hydrogen-bond donors (Lipinski definition) is 1. The number of hydrogen-bond acceptors (Lipinski definition) is 3. The summed E-state index contributed by atoms with van der Waals surface area (Å²) < 4.78 is 5.17. The molecule has 3 nitrogen and oxygen atoms in total. The van der Waals surface area contributed by atoms with Gasteiger partial charge in [0.05, 0.1) is 6.61 Å². The number of benzene rings is 1. The van der Waals surface area contributed by atoms with Crippen molar-refractivity contribution in [1.82, 2.24) is 10.2 Å². The number of methoxy groups -OCH3 is 1. The summed E-state index contributed by atoms with van der Waals surface area (Å²) in [5.74, 6) is 0. The summed E-state index contributed by atoms with van der Waals surface area (Å²) in [5.41, 5.74) is 2.71. The Bertz CT molecular complexity index is 335. The first-order chi connectivity index (χ1) is 9.17. The molecule has 19 heavy (non-hydrogen) atoms. The van der Waals surface area contributed by atoms with Gasteiger partial charge in [0.1, 0.15) is 0 Å². The van der Waals surface area contributed by atoms with Crippen LogP contribution in [0.2, 0.25) is 0 Å². The zero-order valence-electron chi connectivity index (χ0n) is 12.8. The Balaban J connectivity index is 2.54. The van der Waals surface area contributed by atoms with Crippen LogP contribution >= 0.6 is 0 Å². The van der Waals surface area contributed by atoms with Crippen molar-refractivity contribution in [3.05, 3.63) is 35.4 Å². The minimum Gasteiger partial charge on any atom is -0.383 e. The highest BCUT2D eigenvalue weighted by molar-refractivity contribution is 5.22. The topological polar surface area (TPSA) is 24.5 Å². The second kappa shape index (κ2) is 9.08. The van der Waals surface area contributed by atoms with Gasteiger partial charge in [0.25, 0.3) is 0 Å². The first kappa shape index (κ1) is 16.2. The second-order valence-electron chi connectivity index (χ2n) is 5.15. The van der Waals surface area contributed by atoms with Crippen LogP contribution in [-0.4, -0.2) is 37.7 Å². The van der Waals surface area contributed by atoms with Gasteiger partial charge in [-0.3, -0.25) is 4.90 Å². The predicted molar refractivity (Wildman–Crippen MR) is 81.2 cm³/mol. The van der Waals surface area contributed by atoms with Crippen LogP contribution in [-0.2, 0) is 17.8 Å². The van der Waals surface area contributed by atoms with Crippen molar-refractivity contribution in [3.8, 4) is 0 Å². The summed E-state index contributed by atoms with van der Waals surface area (Å²) in [4.78, 5) is 2.43. The molecule has 0 radical (unpaired) electrons. The first-order valence-electron chi connectivity index (χ1n) is 7.18. The molecule has 0 spiro atoms. The normalized spacial score (nSPS) is 11.5. The highest BCUT2D eigenvalue weighted by Crippen LogP contribution is 2.10. The van der Waals surface area contributed by atoms with Gasteiger partial charge in [-0.15, -0.1) is 0 Å². The van der Waals surface area contributed by atoms with Crippen LogP contribution in [0.15, 0.2) is 24.3 Å². The molecule has 0 fully saturated rings. The Morgan fingerprint density at radius 2 is 1.79 bits per heavy atom. The van der Waals surface area contributed by atoms with E-state index in [2.05, 4.69) is 55.3 Å². The van der Waals surface area contributed by atoms with Crippen LogP contribution in [0.25, 0.3) is 0 Å². The smallest absolute Gasteiger partial charge is 0.0589 e. The van der Waals surface area contributed by atoms with Gasteiger partial charge in [0, 0.05) is 32.8 Å². The standard InChI is InChI=1S/C16H28N2O/c1-5-17-12-15-6-8-16(9-7-15)13-18(14(2)3)10-11-19-4/h6-9,14,17H,5,10-13H2,1-4H3. The fraction of sp³-hybridized carbons (Fsp3) is 0.625. The zero-order chi connectivity index (χ0) is 14.1.